The number of likely N-dealkylation sites (N-methyl/N-ethyl adjacent to an activating group) is 1. The molecule has 0 aliphatic heterocycles. The van der Waals surface area contributed by atoms with Gasteiger partial charge in [0.15, 0.2) is 0 Å². The fourth-order valence-corrected chi connectivity index (χ4v) is 2.34. The van der Waals surface area contributed by atoms with Crippen LogP contribution in [0.5, 0.6) is 0 Å². The maximum Gasteiger partial charge on any atom is 0.397 e. The summed E-state index contributed by atoms with van der Waals surface area (Å²) in [5, 5.41) is 11.1. The Kier molecular flexibility index (Phi) is 21.6. The van der Waals surface area contributed by atoms with Crippen molar-refractivity contribution in [3.05, 3.63) is 0 Å². The van der Waals surface area contributed by atoms with Gasteiger partial charge in [0.1, 0.15) is 0 Å². The molecule has 142 valence electrons. The molecule has 0 bridgehead atoms. The number of unbranched alkanes of at least 4 members (excludes halogenated alkanes) is 9. The van der Waals surface area contributed by atoms with Crippen LogP contribution in [0.4, 0.5) is 0 Å². The average molecular weight is 356 g/mol. The minimum atomic E-state index is -4.23. The highest BCUT2D eigenvalue weighted by atomic mass is 32.3. The van der Waals surface area contributed by atoms with Crippen LogP contribution in [0.25, 0.3) is 0 Å². The number of hydrogen-bond donors (Lipinski definition) is 3. The summed E-state index contributed by atoms with van der Waals surface area (Å²) in [7, 11) is -4.23. The third-order valence-electron chi connectivity index (χ3n) is 3.27. The van der Waals surface area contributed by atoms with Gasteiger partial charge in [0.25, 0.3) is 0 Å². The minimum absolute atomic E-state index is 0.0926. The van der Waals surface area contributed by atoms with Crippen molar-refractivity contribution in [2.75, 3.05) is 26.3 Å². The molecule has 3 N–H and O–H groups in total. The zero-order valence-electron chi connectivity index (χ0n) is 14.9. The zero-order valence-corrected chi connectivity index (χ0v) is 15.7. The molecule has 0 aliphatic carbocycles. The maximum atomic E-state index is 10.2. The van der Waals surface area contributed by atoms with Crippen molar-refractivity contribution in [1.82, 2.24) is 5.32 Å². The summed E-state index contributed by atoms with van der Waals surface area (Å²) in [5.74, 6) is 0. The molecular weight excluding hydrogens is 318 g/mol. The van der Waals surface area contributed by atoms with E-state index >= 15 is 0 Å². The fourth-order valence-electron chi connectivity index (χ4n) is 2.01. The van der Waals surface area contributed by atoms with Gasteiger partial charge in [-0.15, -0.1) is 0 Å². The first-order chi connectivity index (χ1) is 11.0. The summed E-state index contributed by atoms with van der Waals surface area (Å²) in [6, 6.07) is 0. The molecule has 0 amide bonds. The Hall–Kier alpha value is -0.210. The normalized spacial score (nSPS) is 11.1. The first-order valence-electron chi connectivity index (χ1n) is 8.91. The molecule has 6 nitrogen and oxygen atoms in total. The Labute approximate surface area is 143 Å². The molecule has 23 heavy (non-hydrogen) atoms. The molecule has 0 aromatic heterocycles. The van der Waals surface area contributed by atoms with E-state index < -0.39 is 10.4 Å². The second-order valence-electron chi connectivity index (χ2n) is 5.51. The van der Waals surface area contributed by atoms with Crippen molar-refractivity contribution < 1.29 is 22.3 Å². The second kappa shape index (κ2) is 19.8. The minimum Gasteiger partial charge on any atom is -0.395 e. The van der Waals surface area contributed by atoms with Gasteiger partial charge in [0.05, 0.1) is 13.2 Å². The molecule has 0 saturated heterocycles. The molecule has 0 aromatic rings. The maximum absolute atomic E-state index is 10.2. The fraction of sp³-hybridized carbons (Fsp3) is 1.00. The summed E-state index contributed by atoms with van der Waals surface area (Å²) < 4.78 is 33.0. The van der Waals surface area contributed by atoms with Crippen LogP contribution >= 0.6 is 0 Å². The highest BCUT2D eigenvalue weighted by Crippen LogP contribution is 2.10. The van der Waals surface area contributed by atoms with Crippen LogP contribution in [-0.4, -0.2) is 44.4 Å². The Morgan fingerprint density at radius 3 is 1.70 bits per heavy atom. The molecule has 0 unspecified atom stereocenters. The lowest BCUT2D eigenvalue weighted by molar-refractivity contribution is 0.261. The topological polar surface area (TPSA) is 95.9 Å². The van der Waals surface area contributed by atoms with Crippen LogP contribution in [0.15, 0.2) is 0 Å². The molecule has 0 heterocycles. The van der Waals surface area contributed by atoms with E-state index in [0.717, 1.165) is 25.9 Å². The summed E-state index contributed by atoms with van der Waals surface area (Å²) in [4.78, 5) is 0. The predicted molar refractivity (Wildman–Crippen MR) is 95.0 cm³/mol. The first-order valence-corrected chi connectivity index (χ1v) is 10.3. The van der Waals surface area contributed by atoms with Gasteiger partial charge >= 0.3 is 10.4 Å². The lowest BCUT2D eigenvalue weighted by Gasteiger charge is -2.02. The summed E-state index contributed by atoms with van der Waals surface area (Å²) >= 11 is 0. The summed E-state index contributed by atoms with van der Waals surface area (Å²) in [6.45, 7) is 6.23. The molecule has 0 atom stereocenters. The van der Waals surface area contributed by atoms with E-state index in [1.165, 1.54) is 44.9 Å². The Balaban J connectivity index is 0. The third kappa shape index (κ3) is 30.3. The van der Waals surface area contributed by atoms with E-state index in [0.29, 0.717) is 6.42 Å². The third-order valence-corrected chi connectivity index (χ3v) is 3.73. The van der Waals surface area contributed by atoms with Crippen LogP contribution in [0.2, 0.25) is 0 Å². The Morgan fingerprint density at radius 2 is 1.35 bits per heavy atom. The van der Waals surface area contributed by atoms with Gasteiger partial charge in [-0.25, -0.2) is 4.18 Å². The molecule has 0 aromatic carbocycles. The standard InChI is InChI=1S/C12H26O4S.C4H11NO/c1-2-3-4-5-6-7-8-9-10-11-12-16-17(13,14)15;1-2-5-3-4-6/h2-12H2,1H3,(H,13,14,15);5-6H,2-4H2,1H3. The summed E-state index contributed by atoms with van der Waals surface area (Å²) in [6.07, 6.45) is 11.9. The number of aliphatic hydroxyl groups is 1. The van der Waals surface area contributed by atoms with Crippen molar-refractivity contribution >= 4 is 10.4 Å². The molecule has 0 radical (unpaired) electrons. The van der Waals surface area contributed by atoms with E-state index in [9.17, 15) is 8.42 Å². The zero-order chi connectivity index (χ0) is 17.8. The van der Waals surface area contributed by atoms with Crippen LogP contribution in [-0.2, 0) is 14.6 Å². The quantitative estimate of drug-likeness (QED) is 0.308. The highest BCUT2D eigenvalue weighted by Gasteiger charge is 2.02. The van der Waals surface area contributed by atoms with Gasteiger partial charge < -0.3 is 10.4 Å². The van der Waals surface area contributed by atoms with Gasteiger partial charge in [0.2, 0.25) is 0 Å². The number of nitrogens with one attached hydrogen (secondary N) is 1. The van der Waals surface area contributed by atoms with E-state index in [-0.39, 0.29) is 13.2 Å². The molecular formula is C16H37NO5S. The van der Waals surface area contributed by atoms with E-state index in [4.69, 9.17) is 9.66 Å². The predicted octanol–water partition coefficient (Wildman–Crippen LogP) is 3.31. The van der Waals surface area contributed by atoms with Crippen molar-refractivity contribution in [3.63, 3.8) is 0 Å². The SMILES string of the molecule is CCCCCCCCCCCCOS(=O)(=O)O.CCNCCO. The number of aliphatic hydroxyl groups excluding tert-OH is 1. The van der Waals surface area contributed by atoms with Gasteiger partial charge in [0, 0.05) is 6.54 Å². The van der Waals surface area contributed by atoms with E-state index in [1.54, 1.807) is 0 Å². The van der Waals surface area contributed by atoms with Crippen molar-refractivity contribution in [2.24, 2.45) is 0 Å². The molecule has 0 saturated carbocycles. The van der Waals surface area contributed by atoms with Crippen LogP contribution in [0.1, 0.15) is 78.1 Å². The Bertz CT molecular complexity index is 306. The lowest BCUT2D eigenvalue weighted by atomic mass is 10.1. The van der Waals surface area contributed by atoms with E-state index in [2.05, 4.69) is 16.4 Å². The van der Waals surface area contributed by atoms with Crippen molar-refractivity contribution in [1.29, 1.82) is 0 Å². The first kappa shape index (κ1) is 25.0. The van der Waals surface area contributed by atoms with Gasteiger partial charge in [-0.05, 0) is 13.0 Å². The van der Waals surface area contributed by atoms with Crippen LogP contribution < -0.4 is 5.32 Å². The van der Waals surface area contributed by atoms with Crippen molar-refractivity contribution in [3.8, 4) is 0 Å². The van der Waals surface area contributed by atoms with Gasteiger partial charge in [-0.2, -0.15) is 8.42 Å². The second-order valence-corrected chi connectivity index (χ2v) is 6.60. The Morgan fingerprint density at radius 1 is 0.870 bits per heavy atom. The molecule has 0 spiro atoms. The highest BCUT2D eigenvalue weighted by molar-refractivity contribution is 7.80. The molecule has 0 aliphatic rings. The largest absolute Gasteiger partial charge is 0.397 e. The number of hydrogen-bond acceptors (Lipinski definition) is 5. The monoisotopic (exact) mass is 355 g/mol. The lowest BCUT2D eigenvalue weighted by Crippen LogP contribution is -2.16. The van der Waals surface area contributed by atoms with Gasteiger partial charge in [-0.3, -0.25) is 4.55 Å². The number of rotatable bonds is 15. The summed E-state index contributed by atoms with van der Waals surface area (Å²) in [5.41, 5.74) is 0. The molecule has 7 heteroatoms. The van der Waals surface area contributed by atoms with Crippen LogP contribution in [0, 0.1) is 0 Å². The van der Waals surface area contributed by atoms with Gasteiger partial charge in [-0.1, -0.05) is 71.6 Å². The molecule has 0 rings (SSSR count). The van der Waals surface area contributed by atoms with Crippen molar-refractivity contribution in [2.45, 2.75) is 78.1 Å². The average Bonchev–Trinajstić information content (AvgIpc) is 2.50. The molecule has 0 fully saturated rings. The smallest absolute Gasteiger partial charge is 0.395 e. The van der Waals surface area contributed by atoms with Crippen LogP contribution in [0.3, 0.4) is 0 Å². The van der Waals surface area contributed by atoms with E-state index in [1.807, 2.05) is 6.92 Å².